The number of Topliss-reactive ketones (excluding diaryl/α,β-unsaturated/α-hetero) is 2. The van der Waals surface area contributed by atoms with Gasteiger partial charge in [-0.3, -0.25) is 9.59 Å². The second-order valence-corrected chi connectivity index (χ2v) is 7.62. The molecule has 0 atom stereocenters. The molecule has 0 aliphatic rings. The number of benzene rings is 2. The molecule has 150 valence electrons. The molecule has 0 radical (unpaired) electrons. The summed E-state index contributed by atoms with van der Waals surface area (Å²) in [4.78, 5) is 24.5. The van der Waals surface area contributed by atoms with Crippen LogP contribution in [-0.4, -0.2) is 11.6 Å². The highest BCUT2D eigenvalue weighted by atomic mass is 16.1. The van der Waals surface area contributed by atoms with Gasteiger partial charge in [0.2, 0.25) is 0 Å². The van der Waals surface area contributed by atoms with E-state index in [1.54, 1.807) is 0 Å². The van der Waals surface area contributed by atoms with Gasteiger partial charge < -0.3 is 0 Å². The van der Waals surface area contributed by atoms with Crippen LogP contribution in [-0.2, 0) is 0 Å². The van der Waals surface area contributed by atoms with Gasteiger partial charge in [0, 0.05) is 24.0 Å². The Balaban J connectivity index is 1.91. The van der Waals surface area contributed by atoms with Gasteiger partial charge in [-0.15, -0.1) is 0 Å². The van der Waals surface area contributed by atoms with Gasteiger partial charge >= 0.3 is 0 Å². The predicted octanol–water partition coefficient (Wildman–Crippen LogP) is 7.66. The first-order valence-corrected chi connectivity index (χ1v) is 10.9. The Morgan fingerprint density at radius 2 is 0.893 bits per heavy atom. The third kappa shape index (κ3) is 7.07. The first-order chi connectivity index (χ1) is 13.7. The van der Waals surface area contributed by atoms with E-state index in [1.165, 1.54) is 25.7 Å². The summed E-state index contributed by atoms with van der Waals surface area (Å²) in [6.45, 7) is 4.35. The van der Waals surface area contributed by atoms with Crippen molar-refractivity contribution in [3.8, 4) is 11.1 Å². The SMILES string of the molecule is CCCCCCC(=O)c1ccc(-c2ccc(C(=O)CCCCCC)cc2)cc1. The summed E-state index contributed by atoms with van der Waals surface area (Å²) in [5.41, 5.74) is 3.73. The van der Waals surface area contributed by atoms with E-state index in [0.717, 1.165) is 47.9 Å². The minimum absolute atomic E-state index is 0.228. The summed E-state index contributed by atoms with van der Waals surface area (Å²) in [5.74, 6) is 0.457. The lowest BCUT2D eigenvalue weighted by molar-refractivity contribution is 0.0971. The Hall–Kier alpha value is -2.22. The Morgan fingerprint density at radius 1 is 0.536 bits per heavy atom. The van der Waals surface area contributed by atoms with Crippen LogP contribution in [0.25, 0.3) is 11.1 Å². The molecule has 0 unspecified atom stereocenters. The average molecular weight is 379 g/mol. The fourth-order valence-corrected chi connectivity index (χ4v) is 3.41. The molecule has 2 heteroatoms. The summed E-state index contributed by atoms with van der Waals surface area (Å²) in [5, 5.41) is 0. The van der Waals surface area contributed by atoms with Crippen molar-refractivity contribution in [3.63, 3.8) is 0 Å². The summed E-state index contributed by atoms with van der Waals surface area (Å²) < 4.78 is 0. The largest absolute Gasteiger partial charge is 0.294 e. The Kier molecular flexibility index (Phi) is 9.68. The molecule has 28 heavy (non-hydrogen) atoms. The molecular weight excluding hydrogens is 344 g/mol. The Morgan fingerprint density at radius 3 is 1.21 bits per heavy atom. The van der Waals surface area contributed by atoms with Crippen LogP contribution in [0, 0.1) is 0 Å². The van der Waals surface area contributed by atoms with Gasteiger partial charge in [-0.25, -0.2) is 0 Å². The molecule has 2 aromatic carbocycles. The maximum absolute atomic E-state index is 12.3. The minimum Gasteiger partial charge on any atom is -0.294 e. The highest BCUT2D eigenvalue weighted by Gasteiger charge is 2.08. The van der Waals surface area contributed by atoms with Crippen LogP contribution in [0.2, 0.25) is 0 Å². The summed E-state index contributed by atoms with van der Waals surface area (Å²) in [6, 6.07) is 15.7. The van der Waals surface area contributed by atoms with Crippen molar-refractivity contribution in [2.45, 2.75) is 78.1 Å². The van der Waals surface area contributed by atoms with E-state index in [-0.39, 0.29) is 11.6 Å². The smallest absolute Gasteiger partial charge is 0.162 e. The van der Waals surface area contributed by atoms with Crippen LogP contribution in [0.1, 0.15) is 98.8 Å². The summed E-state index contributed by atoms with van der Waals surface area (Å²) >= 11 is 0. The van der Waals surface area contributed by atoms with Gasteiger partial charge in [-0.1, -0.05) is 101 Å². The van der Waals surface area contributed by atoms with E-state index in [1.807, 2.05) is 48.5 Å². The highest BCUT2D eigenvalue weighted by Crippen LogP contribution is 2.22. The lowest BCUT2D eigenvalue weighted by Crippen LogP contribution is -1.99. The van der Waals surface area contributed by atoms with E-state index >= 15 is 0 Å². The normalized spacial score (nSPS) is 10.8. The van der Waals surface area contributed by atoms with Gasteiger partial charge in [-0.2, -0.15) is 0 Å². The van der Waals surface area contributed by atoms with E-state index < -0.39 is 0 Å². The molecule has 0 heterocycles. The van der Waals surface area contributed by atoms with E-state index in [4.69, 9.17) is 0 Å². The zero-order valence-electron chi connectivity index (χ0n) is 17.5. The molecule has 2 aromatic rings. The van der Waals surface area contributed by atoms with Crippen LogP contribution in [0.3, 0.4) is 0 Å². The van der Waals surface area contributed by atoms with E-state index in [9.17, 15) is 9.59 Å². The average Bonchev–Trinajstić information content (AvgIpc) is 2.74. The number of hydrogen-bond acceptors (Lipinski definition) is 2. The topological polar surface area (TPSA) is 34.1 Å². The fourth-order valence-electron chi connectivity index (χ4n) is 3.41. The maximum atomic E-state index is 12.3. The number of ketones is 2. The van der Waals surface area contributed by atoms with Crippen molar-refractivity contribution in [3.05, 3.63) is 59.7 Å². The van der Waals surface area contributed by atoms with Crippen LogP contribution in [0.15, 0.2) is 48.5 Å². The fraction of sp³-hybridized carbons (Fsp3) is 0.462. The van der Waals surface area contributed by atoms with Crippen molar-refractivity contribution in [1.82, 2.24) is 0 Å². The monoisotopic (exact) mass is 378 g/mol. The number of carbonyl (C=O) groups is 2. The van der Waals surface area contributed by atoms with Crippen LogP contribution >= 0.6 is 0 Å². The lowest BCUT2D eigenvalue weighted by atomic mass is 9.98. The second kappa shape index (κ2) is 12.3. The van der Waals surface area contributed by atoms with E-state index in [2.05, 4.69) is 13.8 Å². The van der Waals surface area contributed by atoms with Gasteiger partial charge in [-0.05, 0) is 24.0 Å². The third-order valence-corrected chi connectivity index (χ3v) is 5.26. The van der Waals surface area contributed by atoms with Crippen molar-refractivity contribution < 1.29 is 9.59 Å². The molecular formula is C26H34O2. The first kappa shape index (κ1) is 22.1. The molecule has 0 bridgehead atoms. The van der Waals surface area contributed by atoms with Crippen LogP contribution in [0.4, 0.5) is 0 Å². The van der Waals surface area contributed by atoms with Crippen molar-refractivity contribution in [1.29, 1.82) is 0 Å². The second-order valence-electron chi connectivity index (χ2n) is 7.62. The van der Waals surface area contributed by atoms with Crippen molar-refractivity contribution in [2.24, 2.45) is 0 Å². The molecule has 0 aromatic heterocycles. The zero-order valence-corrected chi connectivity index (χ0v) is 17.5. The molecule has 0 amide bonds. The molecule has 0 aliphatic carbocycles. The molecule has 0 spiro atoms. The first-order valence-electron chi connectivity index (χ1n) is 10.9. The number of unbranched alkanes of at least 4 members (excludes halogenated alkanes) is 6. The minimum atomic E-state index is 0.228. The number of hydrogen-bond donors (Lipinski definition) is 0. The molecule has 2 rings (SSSR count). The summed E-state index contributed by atoms with van der Waals surface area (Å²) in [7, 11) is 0. The van der Waals surface area contributed by atoms with Gasteiger partial charge in [0.05, 0.1) is 0 Å². The third-order valence-electron chi connectivity index (χ3n) is 5.26. The molecule has 0 aliphatic heterocycles. The standard InChI is InChI=1S/C26H34O2/c1-3-5-7-9-11-25(27)23-17-13-21(14-18-23)22-15-19-24(20-16-22)26(28)12-10-8-6-4-2/h13-20H,3-12H2,1-2H3. The molecule has 0 N–H and O–H groups in total. The van der Waals surface area contributed by atoms with Gasteiger partial charge in [0.15, 0.2) is 11.6 Å². The summed E-state index contributed by atoms with van der Waals surface area (Å²) in [6.07, 6.45) is 10.2. The number of carbonyl (C=O) groups excluding carboxylic acids is 2. The Labute approximate surface area is 170 Å². The number of rotatable bonds is 13. The Bertz CT molecular complexity index is 661. The highest BCUT2D eigenvalue weighted by molar-refractivity contribution is 5.97. The molecule has 0 fully saturated rings. The molecule has 2 nitrogen and oxygen atoms in total. The predicted molar refractivity (Wildman–Crippen MR) is 118 cm³/mol. The van der Waals surface area contributed by atoms with Crippen LogP contribution < -0.4 is 0 Å². The van der Waals surface area contributed by atoms with Crippen molar-refractivity contribution in [2.75, 3.05) is 0 Å². The van der Waals surface area contributed by atoms with Gasteiger partial charge in [0.25, 0.3) is 0 Å². The quantitative estimate of drug-likeness (QED) is 0.265. The molecule has 0 saturated carbocycles. The van der Waals surface area contributed by atoms with Crippen molar-refractivity contribution >= 4 is 11.6 Å². The van der Waals surface area contributed by atoms with Gasteiger partial charge in [0.1, 0.15) is 0 Å². The molecule has 0 saturated heterocycles. The van der Waals surface area contributed by atoms with E-state index in [0.29, 0.717) is 12.8 Å². The van der Waals surface area contributed by atoms with Crippen LogP contribution in [0.5, 0.6) is 0 Å². The lowest BCUT2D eigenvalue weighted by Gasteiger charge is -2.06. The zero-order chi connectivity index (χ0) is 20.2. The maximum Gasteiger partial charge on any atom is 0.162 e.